The van der Waals surface area contributed by atoms with Gasteiger partial charge < -0.3 is 14.3 Å². The van der Waals surface area contributed by atoms with Crippen molar-refractivity contribution in [2.45, 2.75) is 0 Å². The van der Waals surface area contributed by atoms with Gasteiger partial charge in [-0.25, -0.2) is 4.98 Å². The summed E-state index contributed by atoms with van der Waals surface area (Å²) >= 11 is 0. The minimum absolute atomic E-state index is 0. The van der Waals surface area contributed by atoms with Crippen LogP contribution in [-0.4, -0.2) is 11.0 Å². The van der Waals surface area contributed by atoms with E-state index < -0.39 is 11.9 Å². The Labute approximate surface area is 98.1 Å². The SMILES string of the molecule is O=C([O-])c1ncc(-c2ccccc2)o1.[Li+]. The number of carboxylic acids is 1. The van der Waals surface area contributed by atoms with Crippen molar-refractivity contribution in [3.63, 3.8) is 0 Å². The van der Waals surface area contributed by atoms with Gasteiger partial charge in [0.25, 0.3) is 0 Å². The molecule has 70 valence electrons. The summed E-state index contributed by atoms with van der Waals surface area (Å²) in [5.74, 6) is -1.39. The largest absolute Gasteiger partial charge is 1.00 e. The van der Waals surface area contributed by atoms with E-state index in [1.165, 1.54) is 6.20 Å². The minimum atomic E-state index is -1.41. The van der Waals surface area contributed by atoms with Crippen molar-refractivity contribution >= 4 is 5.97 Å². The molecular weight excluding hydrogens is 189 g/mol. The topological polar surface area (TPSA) is 66.2 Å². The van der Waals surface area contributed by atoms with Crippen LogP contribution in [0.1, 0.15) is 10.7 Å². The van der Waals surface area contributed by atoms with E-state index in [4.69, 9.17) is 4.42 Å². The van der Waals surface area contributed by atoms with E-state index in [9.17, 15) is 9.90 Å². The molecule has 0 amide bonds. The molecule has 2 rings (SSSR count). The smallest absolute Gasteiger partial charge is 0.540 e. The molecule has 0 aliphatic rings. The molecule has 0 saturated carbocycles. The summed E-state index contributed by atoms with van der Waals surface area (Å²) in [7, 11) is 0. The Balaban J connectivity index is 0.00000112. The first kappa shape index (κ1) is 11.6. The predicted molar refractivity (Wildman–Crippen MR) is 46.3 cm³/mol. The van der Waals surface area contributed by atoms with E-state index >= 15 is 0 Å². The fourth-order valence-corrected chi connectivity index (χ4v) is 1.10. The van der Waals surface area contributed by atoms with Crippen molar-refractivity contribution in [2.75, 3.05) is 0 Å². The second kappa shape index (κ2) is 4.83. The number of nitrogens with zero attached hydrogens (tertiary/aromatic N) is 1. The van der Waals surface area contributed by atoms with Crippen LogP contribution in [0, 0.1) is 0 Å². The van der Waals surface area contributed by atoms with E-state index in [1.807, 2.05) is 18.2 Å². The summed E-state index contributed by atoms with van der Waals surface area (Å²) in [6.07, 6.45) is 1.36. The van der Waals surface area contributed by atoms with Gasteiger partial charge >= 0.3 is 18.9 Å². The number of hydrogen-bond acceptors (Lipinski definition) is 4. The first-order valence-electron chi connectivity index (χ1n) is 4.00. The van der Waals surface area contributed by atoms with Crippen molar-refractivity contribution in [1.29, 1.82) is 0 Å². The normalized spacial score (nSPS) is 9.33. The third-order valence-electron chi connectivity index (χ3n) is 1.74. The summed E-state index contributed by atoms with van der Waals surface area (Å²) in [5, 5.41) is 10.4. The Morgan fingerprint density at radius 3 is 2.47 bits per heavy atom. The Morgan fingerprint density at radius 2 is 1.93 bits per heavy atom. The zero-order valence-electron chi connectivity index (χ0n) is 8.14. The minimum Gasteiger partial charge on any atom is -0.540 e. The number of aromatic nitrogens is 1. The van der Waals surface area contributed by atoms with E-state index in [1.54, 1.807) is 12.1 Å². The Kier molecular flexibility index (Phi) is 3.72. The van der Waals surface area contributed by atoms with E-state index in [0.29, 0.717) is 5.76 Å². The van der Waals surface area contributed by atoms with E-state index in [2.05, 4.69) is 4.98 Å². The Bertz CT molecular complexity index is 453. The van der Waals surface area contributed by atoms with Crippen LogP contribution in [-0.2, 0) is 0 Å². The van der Waals surface area contributed by atoms with Crippen LogP contribution in [0.4, 0.5) is 0 Å². The summed E-state index contributed by atoms with van der Waals surface area (Å²) in [5.41, 5.74) is 0.785. The van der Waals surface area contributed by atoms with Crippen LogP contribution in [0.3, 0.4) is 0 Å². The average molecular weight is 195 g/mol. The molecule has 2 aromatic rings. The maximum atomic E-state index is 10.4. The molecule has 5 heteroatoms. The van der Waals surface area contributed by atoms with Crippen LogP contribution < -0.4 is 24.0 Å². The van der Waals surface area contributed by atoms with Gasteiger partial charge in [-0.1, -0.05) is 30.3 Å². The molecule has 0 fully saturated rings. The molecule has 0 aliphatic heterocycles. The van der Waals surface area contributed by atoms with Crippen LogP contribution in [0.15, 0.2) is 40.9 Å². The number of rotatable bonds is 2. The standard InChI is InChI=1S/C10H7NO3.Li/c12-10(13)9-11-6-8(14-9)7-4-2-1-3-5-7;/h1-6H,(H,12,13);/q;+1/p-1. The number of oxazole rings is 1. The third kappa shape index (κ3) is 2.49. The van der Waals surface area contributed by atoms with Crippen LogP contribution in [0.5, 0.6) is 0 Å². The molecule has 0 aliphatic carbocycles. The summed E-state index contributed by atoms with van der Waals surface area (Å²) in [4.78, 5) is 13.9. The molecule has 4 nitrogen and oxygen atoms in total. The van der Waals surface area contributed by atoms with Crippen LogP contribution in [0.25, 0.3) is 11.3 Å². The molecule has 1 heterocycles. The quantitative estimate of drug-likeness (QED) is 0.506. The molecule has 1 aromatic heterocycles. The number of hydrogen-bond donors (Lipinski definition) is 0. The predicted octanol–water partition coefficient (Wildman–Crippen LogP) is -2.29. The second-order valence-electron chi connectivity index (χ2n) is 2.68. The Morgan fingerprint density at radius 1 is 1.27 bits per heavy atom. The van der Waals surface area contributed by atoms with Gasteiger partial charge in [0, 0.05) is 5.56 Å². The zero-order chi connectivity index (χ0) is 9.97. The summed E-state index contributed by atoms with van der Waals surface area (Å²) in [6, 6.07) is 9.13. The first-order valence-corrected chi connectivity index (χ1v) is 4.00. The van der Waals surface area contributed by atoms with E-state index in [-0.39, 0.29) is 18.9 Å². The molecular formula is C10H6LiNO3. The fourth-order valence-electron chi connectivity index (χ4n) is 1.10. The van der Waals surface area contributed by atoms with Crippen molar-refractivity contribution in [3.8, 4) is 11.3 Å². The number of carbonyl (C=O) groups excluding carboxylic acids is 1. The maximum absolute atomic E-state index is 10.4. The van der Waals surface area contributed by atoms with Gasteiger partial charge in [0.1, 0.15) is 5.97 Å². The van der Waals surface area contributed by atoms with Gasteiger partial charge in [-0.05, 0) is 0 Å². The molecule has 0 radical (unpaired) electrons. The van der Waals surface area contributed by atoms with Gasteiger partial charge in [-0.15, -0.1) is 0 Å². The van der Waals surface area contributed by atoms with Crippen LogP contribution in [0.2, 0.25) is 0 Å². The third-order valence-corrected chi connectivity index (χ3v) is 1.74. The number of carbonyl (C=O) groups is 1. The Hall–Kier alpha value is -1.50. The van der Waals surface area contributed by atoms with Gasteiger partial charge in [0.2, 0.25) is 5.89 Å². The average Bonchev–Trinajstić information content (AvgIpc) is 2.68. The number of carboxylic acid groups (broad SMARTS) is 1. The first-order chi connectivity index (χ1) is 6.77. The van der Waals surface area contributed by atoms with Crippen molar-refractivity contribution in [1.82, 2.24) is 4.98 Å². The molecule has 0 unspecified atom stereocenters. The van der Waals surface area contributed by atoms with Gasteiger partial charge in [-0.2, -0.15) is 0 Å². The summed E-state index contributed by atoms with van der Waals surface area (Å²) < 4.78 is 4.96. The van der Waals surface area contributed by atoms with Crippen molar-refractivity contribution in [2.24, 2.45) is 0 Å². The van der Waals surface area contributed by atoms with Gasteiger partial charge in [-0.3, -0.25) is 0 Å². The molecule has 0 saturated heterocycles. The van der Waals surface area contributed by atoms with E-state index in [0.717, 1.165) is 5.56 Å². The van der Waals surface area contributed by atoms with Crippen molar-refractivity contribution < 1.29 is 33.2 Å². The van der Waals surface area contributed by atoms with Gasteiger partial charge in [0.05, 0.1) is 6.20 Å². The van der Waals surface area contributed by atoms with Crippen LogP contribution >= 0.6 is 0 Å². The molecule has 0 spiro atoms. The zero-order valence-corrected chi connectivity index (χ0v) is 8.14. The molecule has 0 N–H and O–H groups in total. The second-order valence-corrected chi connectivity index (χ2v) is 2.68. The van der Waals surface area contributed by atoms with Gasteiger partial charge in [0.15, 0.2) is 5.76 Å². The molecule has 1 aromatic carbocycles. The van der Waals surface area contributed by atoms with Crippen molar-refractivity contribution in [3.05, 3.63) is 42.4 Å². The monoisotopic (exact) mass is 195 g/mol. The molecule has 0 bridgehead atoms. The molecule has 15 heavy (non-hydrogen) atoms. The number of aromatic carboxylic acids is 1. The summed E-state index contributed by atoms with van der Waals surface area (Å²) in [6.45, 7) is 0. The molecule has 0 atom stereocenters. The maximum Gasteiger partial charge on any atom is 1.00 e. The number of benzene rings is 1. The fraction of sp³-hybridized carbons (Fsp3) is 0.